The third-order valence-electron chi connectivity index (χ3n) is 6.55. The van der Waals surface area contributed by atoms with E-state index in [1.54, 1.807) is 19.2 Å². The van der Waals surface area contributed by atoms with Gasteiger partial charge in [-0.05, 0) is 55.3 Å². The quantitative estimate of drug-likeness (QED) is 0.259. The summed E-state index contributed by atoms with van der Waals surface area (Å²) in [6.45, 7) is 3.26. The zero-order valence-electron chi connectivity index (χ0n) is 21.6. The van der Waals surface area contributed by atoms with Crippen molar-refractivity contribution in [2.45, 2.75) is 32.0 Å². The predicted molar refractivity (Wildman–Crippen MR) is 153 cm³/mol. The number of aromatic nitrogens is 4. The van der Waals surface area contributed by atoms with E-state index in [1.165, 1.54) is 29.8 Å². The normalized spacial score (nSPS) is 16.6. The zero-order valence-corrected chi connectivity index (χ0v) is 22.5. The van der Waals surface area contributed by atoms with E-state index in [4.69, 9.17) is 4.74 Å². The van der Waals surface area contributed by atoms with Crippen LogP contribution in [0, 0.1) is 17.7 Å². The van der Waals surface area contributed by atoms with Gasteiger partial charge in [0, 0.05) is 23.7 Å². The van der Waals surface area contributed by atoms with Crippen LogP contribution in [0.25, 0.3) is 21.1 Å². The fraction of sp³-hybridized carbons (Fsp3) is 0.241. The van der Waals surface area contributed by atoms with Gasteiger partial charge in [0.05, 0.1) is 41.2 Å². The van der Waals surface area contributed by atoms with Crippen LogP contribution in [0.2, 0.25) is 0 Å². The van der Waals surface area contributed by atoms with Crippen molar-refractivity contribution in [3.05, 3.63) is 77.3 Å². The molecule has 2 atom stereocenters. The predicted octanol–water partition coefficient (Wildman–Crippen LogP) is 4.80. The van der Waals surface area contributed by atoms with Crippen LogP contribution in [-0.4, -0.2) is 51.1 Å². The molecule has 11 heteroatoms. The highest BCUT2D eigenvalue weighted by Crippen LogP contribution is 2.30. The number of nitrogens with zero attached hydrogens (tertiary/aromatic N) is 4. The molecule has 2 aromatic carbocycles. The molecule has 202 valence electrons. The molecule has 1 aliphatic heterocycles. The highest BCUT2D eigenvalue weighted by Gasteiger charge is 2.24. The number of benzene rings is 2. The summed E-state index contributed by atoms with van der Waals surface area (Å²) < 4.78 is 20.4. The first-order valence-corrected chi connectivity index (χ1v) is 13.8. The van der Waals surface area contributed by atoms with Gasteiger partial charge in [-0.1, -0.05) is 24.0 Å². The second-order valence-corrected chi connectivity index (χ2v) is 10.4. The minimum absolute atomic E-state index is 0.00629. The molecular formula is C29H26FN7O2S. The molecule has 0 unspecified atom stereocenters. The molecule has 1 aliphatic rings. The van der Waals surface area contributed by atoms with Crippen molar-refractivity contribution in [1.82, 2.24) is 30.4 Å². The molecule has 3 N–H and O–H groups in total. The molecule has 4 heterocycles. The number of rotatable bonds is 6. The van der Waals surface area contributed by atoms with Crippen molar-refractivity contribution in [3.63, 3.8) is 0 Å². The van der Waals surface area contributed by atoms with Crippen LogP contribution < -0.4 is 16.0 Å². The van der Waals surface area contributed by atoms with Crippen molar-refractivity contribution < 1.29 is 13.9 Å². The Labute approximate surface area is 233 Å². The van der Waals surface area contributed by atoms with Crippen LogP contribution in [0.15, 0.2) is 61.1 Å². The lowest BCUT2D eigenvalue weighted by molar-refractivity contribution is 0.148. The van der Waals surface area contributed by atoms with Crippen LogP contribution in [-0.2, 0) is 11.3 Å². The second-order valence-electron chi connectivity index (χ2n) is 9.41. The van der Waals surface area contributed by atoms with Gasteiger partial charge in [0.15, 0.2) is 0 Å². The van der Waals surface area contributed by atoms with Gasteiger partial charge in [-0.15, -0.1) is 11.3 Å². The molecule has 0 bridgehead atoms. The van der Waals surface area contributed by atoms with E-state index in [1.807, 2.05) is 35.0 Å². The van der Waals surface area contributed by atoms with Gasteiger partial charge in [0.2, 0.25) is 0 Å². The van der Waals surface area contributed by atoms with Crippen molar-refractivity contribution in [1.29, 1.82) is 0 Å². The van der Waals surface area contributed by atoms with Gasteiger partial charge in [0.1, 0.15) is 22.8 Å². The molecule has 3 aromatic heterocycles. The summed E-state index contributed by atoms with van der Waals surface area (Å²) in [5.41, 5.74) is 2.67. The molecular weight excluding hydrogens is 529 g/mol. The average molecular weight is 556 g/mol. The maximum Gasteiger partial charge on any atom is 0.407 e. The van der Waals surface area contributed by atoms with Crippen molar-refractivity contribution in [3.8, 4) is 11.8 Å². The number of carbonyl (C=O) groups is 1. The van der Waals surface area contributed by atoms with E-state index in [9.17, 15) is 9.18 Å². The Morgan fingerprint density at radius 2 is 2.17 bits per heavy atom. The third kappa shape index (κ3) is 5.73. The Morgan fingerprint density at radius 3 is 3.05 bits per heavy atom. The molecule has 0 radical (unpaired) electrons. The first-order chi connectivity index (χ1) is 19.5. The molecule has 0 saturated carbocycles. The standard InChI is InChI=1S/C29H26FN7O2S/c1-2-39-29(38)36-23-12-21(31-15-23)6-8-24-13-25-27(32-17-33-28(25)40-24)35-22-7-9-26-19(11-22)14-34-37(26)16-18-4-3-5-20(30)10-18/h3-5,7,9-11,13-14,17,21,23,31H,2,12,15-16H2,1H3,(H,36,38)(H,32,33,35)/t21-,23-/m1/s1. The summed E-state index contributed by atoms with van der Waals surface area (Å²) in [5.74, 6) is 6.95. The van der Waals surface area contributed by atoms with Gasteiger partial charge < -0.3 is 20.7 Å². The van der Waals surface area contributed by atoms with Gasteiger partial charge in [-0.2, -0.15) is 5.10 Å². The maximum atomic E-state index is 13.6. The number of fused-ring (bicyclic) bond motifs is 2. The van der Waals surface area contributed by atoms with Crippen LogP contribution in [0.4, 0.5) is 20.7 Å². The number of carbonyl (C=O) groups excluding carboxylic acids is 1. The summed E-state index contributed by atoms with van der Waals surface area (Å²) >= 11 is 1.51. The second kappa shape index (κ2) is 11.3. The number of amides is 1. The van der Waals surface area contributed by atoms with Crippen molar-refractivity contribution in [2.24, 2.45) is 0 Å². The SMILES string of the molecule is CCOC(=O)N[C@H]1CN[C@H](C#Cc2cc3c(Nc4ccc5c(cnn5Cc5cccc(F)c5)c4)ncnc3s2)C1. The Bertz CT molecular complexity index is 1760. The number of hydrogen-bond acceptors (Lipinski definition) is 8. The van der Waals surface area contributed by atoms with Gasteiger partial charge in [-0.3, -0.25) is 4.68 Å². The largest absolute Gasteiger partial charge is 0.450 e. The number of thiophene rings is 1. The highest BCUT2D eigenvalue weighted by atomic mass is 32.1. The smallest absolute Gasteiger partial charge is 0.407 e. The Hall–Kier alpha value is -4.53. The lowest BCUT2D eigenvalue weighted by atomic mass is 10.2. The topological polar surface area (TPSA) is 106 Å². The lowest BCUT2D eigenvalue weighted by Crippen LogP contribution is -2.36. The molecule has 40 heavy (non-hydrogen) atoms. The van der Waals surface area contributed by atoms with E-state index >= 15 is 0 Å². The number of ether oxygens (including phenoxy) is 1. The molecule has 6 rings (SSSR count). The maximum absolute atomic E-state index is 13.6. The summed E-state index contributed by atoms with van der Waals surface area (Å²) in [5, 5.41) is 15.9. The molecule has 9 nitrogen and oxygen atoms in total. The highest BCUT2D eigenvalue weighted by molar-refractivity contribution is 7.19. The van der Waals surface area contributed by atoms with Crippen LogP contribution in [0.5, 0.6) is 0 Å². The Balaban J connectivity index is 1.16. The number of anilines is 2. The average Bonchev–Trinajstić information content (AvgIpc) is 3.67. The Morgan fingerprint density at radius 1 is 1.25 bits per heavy atom. The molecule has 5 aromatic rings. The summed E-state index contributed by atoms with van der Waals surface area (Å²) in [6.07, 6.45) is 3.66. The van der Waals surface area contributed by atoms with E-state index in [-0.39, 0.29) is 17.9 Å². The van der Waals surface area contributed by atoms with E-state index < -0.39 is 6.09 Å². The lowest BCUT2D eigenvalue weighted by Gasteiger charge is -2.10. The first kappa shape index (κ1) is 25.7. The van der Waals surface area contributed by atoms with Crippen molar-refractivity contribution in [2.75, 3.05) is 18.5 Å². The van der Waals surface area contributed by atoms with E-state index in [0.29, 0.717) is 31.9 Å². The van der Waals surface area contributed by atoms with Gasteiger partial charge >= 0.3 is 6.09 Å². The van der Waals surface area contributed by atoms with Gasteiger partial charge in [-0.25, -0.2) is 19.2 Å². The summed E-state index contributed by atoms with van der Waals surface area (Å²) in [7, 11) is 0. The minimum atomic E-state index is -0.400. The van der Waals surface area contributed by atoms with E-state index in [0.717, 1.165) is 37.2 Å². The molecule has 1 amide bonds. The minimum Gasteiger partial charge on any atom is -0.450 e. The molecule has 1 fully saturated rings. The number of hydrogen-bond donors (Lipinski definition) is 3. The summed E-state index contributed by atoms with van der Waals surface area (Å²) in [4.78, 5) is 22.3. The van der Waals surface area contributed by atoms with Crippen LogP contribution in [0.1, 0.15) is 23.8 Å². The molecule has 0 spiro atoms. The number of halogens is 1. The van der Waals surface area contributed by atoms with Crippen molar-refractivity contribution >= 4 is 50.1 Å². The van der Waals surface area contributed by atoms with E-state index in [2.05, 4.69) is 42.9 Å². The zero-order chi connectivity index (χ0) is 27.5. The summed E-state index contributed by atoms with van der Waals surface area (Å²) in [6, 6.07) is 14.5. The monoisotopic (exact) mass is 555 g/mol. The number of nitrogens with one attached hydrogen (secondary N) is 3. The third-order valence-corrected chi connectivity index (χ3v) is 7.51. The molecule has 1 saturated heterocycles. The fourth-order valence-electron chi connectivity index (χ4n) is 4.71. The number of alkyl carbamates (subject to hydrolysis) is 1. The van der Waals surface area contributed by atoms with Crippen LogP contribution in [0.3, 0.4) is 0 Å². The first-order valence-electron chi connectivity index (χ1n) is 12.9. The Kier molecular flexibility index (Phi) is 7.27. The fourth-order valence-corrected chi connectivity index (χ4v) is 5.57. The van der Waals surface area contributed by atoms with Crippen LogP contribution >= 0.6 is 11.3 Å². The van der Waals surface area contributed by atoms with Gasteiger partial charge in [0.25, 0.3) is 0 Å². The molecule has 0 aliphatic carbocycles.